The first-order valence-electron chi connectivity index (χ1n) is 15.4. The molecule has 9 heteroatoms. The molecule has 0 aromatic heterocycles. The number of ether oxygens (including phenoxy) is 7. The number of rotatable bonds is 14. The maximum absolute atomic E-state index is 11.0. The Hall–Kier alpha value is -3.76. The van der Waals surface area contributed by atoms with Crippen LogP contribution >= 0.6 is 0 Å². The molecule has 4 aromatic rings. The van der Waals surface area contributed by atoms with Crippen molar-refractivity contribution in [1.29, 1.82) is 0 Å². The monoisotopic (exact) mass is 636 g/mol. The molecule has 9 nitrogen and oxygen atoms in total. The smallest absolute Gasteiger partial charge is 0.167 e. The number of methoxy groups -OCH3 is 7. The summed E-state index contributed by atoms with van der Waals surface area (Å²) >= 11 is 0. The Bertz CT molecular complexity index is 1720. The summed E-state index contributed by atoms with van der Waals surface area (Å²) in [7, 11) is 11.4. The molecule has 250 valence electrons. The lowest BCUT2D eigenvalue weighted by atomic mass is 9.82. The fourth-order valence-electron chi connectivity index (χ4n) is 6.92. The lowest BCUT2D eigenvalue weighted by Crippen LogP contribution is -2.09. The van der Waals surface area contributed by atoms with E-state index in [1.165, 1.54) is 0 Å². The molecule has 0 bridgehead atoms. The van der Waals surface area contributed by atoms with Crippen LogP contribution in [0.5, 0.6) is 28.7 Å². The van der Waals surface area contributed by atoms with E-state index in [-0.39, 0.29) is 31.7 Å². The molecule has 0 atom stereocenters. The highest BCUT2D eigenvalue weighted by molar-refractivity contribution is 6.08. The molecule has 0 saturated carbocycles. The van der Waals surface area contributed by atoms with Gasteiger partial charge in [-0.3, -0.25) is 0 Å². The zero-order valence-corrected chi connectivity index (χ0v) is 29.0. The quantitative estimate of drug-likeness (QED) is 0.148. The molecule has 0 aliphatic heterocycles. The van der Waals surface area contributed by atoms with Gasteiger partial charge in [0.1, 0.15) is 17.2 Å². The third-order valence-corrected chi connectivity index (χ3v) is 8.60. The fraction of sp³-hybridized carbons (Fsp3) is 0.459. The Morgan fingerprint density at radius 3 is 1.41 bits per heavy atom. The van der Waals surface area contributed by atoms with Crippen molar-refractivity contribution in [2.75, 3.05) is 49.8 Å². The van der Waals surface area contributed by atoms with Crippen molar-refractivity contribution < 1.29 is 43.4 Å². The van der Waals surface area contributed by atoms with Gasteiger partial charge in [-0.1, -0.05) is 27.7 Å². The molecule has 4 aromatic carbocycles. The second-order valence-corrected chi connectivity index (χ2v) is 11.8. The standard InChI is InChI=1S/C37H48O9/c1-19(2)28-24-12-21(15-38)31(35(44-9)30(24)23(17-40-5)14-27(28)42-7)32-22(16-39)13-25-29(20(3)4)37(46-11)34(43-8)26(18-41-6)33(25)36(32)45-10/h12-14,19-20,38-39H,15-18H2,1-11H3. The van der Waals surface area contributed by atoms with Gasteiger partial charge in [-0.2, -0.15) is 0 Å². The van der Waals surface area contributed by atoms with Crippen LogP contribution < -0.4 is 23.7 Å². The van der Waals surface area contributed by atoms with E-state index in [0.717, 1.165) is 49.5 Å². The zero-order chi connectivity index (χ0) is 33.9. The van der Waals surface area contributed by atoms with Crippen molar-refractivity contribution >= 4 is 21.5 Å². The molecule has 2 N–H and O–H groups in total. The molecule has 4 rings (SSSR count). The molecule has 0 radical (unpaired) electrons. The average molecular weight is 637 g/mol. The van der Waals surface area contributed by atoms with Crippen molar-refractivity contribution in [3.63, 3.8) is 0 Å². The maximum atomic E-state index is 11.0. The Labute approximate surface area is 271 Å². The van der Waals surface area contributed by atoms with Crippen LogP contribution in [-0.4, -0.2) is 60.0 Å². The van der Waals surface area contributed by atoms with Crippen LogP contribution in [0.15, 0.2) is 18.2 Å². The Morgan fingerprint density at radius 2 is 1.00 bits per heavy atom. The SMILES string of the molecule is COCc1cc(OC)c(C(C)C)c2cc(CO)c(-c3c(CO)cc4c(C(C)C)c(OC)c(OC)c(COC)c4c3OC)c(OC)c12. The van der Waals surface area contributed by atoms with Crippen LogP contribution in [0.2, 0.25) is 0 Å². The summed E-state index contributed by atoms with van der Waals surface area (Å²) in [6, 6.07) is 5.94. The summed E-state index contributed by atoms with van der Waals surface area (Å²) in [4.78, 5) is 0. The molecule has 0 saturated heterocycles. The molecule has 0 aliphatic carbocycles. The van der Waals surface area contributed by atoms with Gasteiger partial charge in [-0.15, -0.1) is 0 Å². The molecule has 0 spiro atoms. The molecule has 0 unspecified atom stereocenters. The Morgan fingerprint density at radius 1 is 0.522 bits per heavy atom. The van der Waals surface area contributed by atoms with E-state index in [4.69, 9.17) is 33.2 Å². The normalized spacial score (nSPS) is 11.6. The first kappa shape index (κ1) is 35.1. The van der Waals surface area contributed by atoms with Gasteiger partial charge in [0.05, 0.1) is 62.0 Å². The van der Waals surface area contributed by atoms with Crippen LogP contribution in [0.25, 0.3) is 32.7 Å². The number of aliphatic hydroxyl groups excluding tert-OH is 2. The van der Waals surface area contributed by atoms with Gasteiger partial charge in [0.15, 0.2) is 11.5 Å². The van der Waals surface area contributed by atoms with E-state index in [1.54, 1.807) is 49.8 Å². The van der Waals surface area contributed by atoms with E-state index < -0.39 is 0 Å². The van der Waals surface area contributed by atoms with Crippen molar-refractivity contribution in [3.05, 3.63) is 51.6 Å². The van der Waals surface area contributed by atoms with Gasteiger partial charge >= 0.3 is 0 Å². The average Bonchev–Trinajstić information content (AvgIpc) is 3.05. The van der Waals surface area contributed by atoms with Crippen LogP contribution in [0, 0.1) is 0 Å². The molecular formula is C37H48O9. The number of hydrogen-bond acceptors (Lipinski definition) is 9. The van der Waals surface area contributed by atoms with Gasteiger partial charge in [-0.05, 0) is 57.5 Å². The van der Waals surface area contributed by atoms with Crippen LogP contribution in [0.3, 0.4) is 0 Å². The highest BCUT2D eigenvalue weighted by Gasteiger charge is 2.31. The predicted octanol–water partition coefficient (Wildman–Crippen LogP) is 7.23. The summed E-state index contributed by atoms with van der Waals surface area (Å²) in [5.74, 6) is 3.05. The lowest BCUT2D eigenvalue weighted by molar-refractivity contribution is 0.182. The maximum Gasteiger partial charge on any atom is 0.167 e. The van der Waals surface area contributed by atoms with E-state index in [9.17, 15) is 10.2 Å². The van der Waals surface area contributed by atoms with Crippen molar-refractivity contribution in [2.45, 2.75) is 66.0 Å². The second kappa shape index (κ2) is 14.8. The van der Waals surface area contributed by atoms with Crippen molar-refractivity contribution in [1.82, 2.24) is 0 Å². The lowest BCUT2D eigenvalue weighted by Gasteiger charge is -2.28. The minimum absolute atomic E-state index is 0.0364. The van der Waals surface area contributed by atoms with Crippen LogP contribution in [0.1, 0.15) is 72.9 Å². The van der Waals surface area contributed by atoms with Crippen LogP contribution in [0.4, 0.5) is 0 Å². The van der Waals surface area contributed by atoms with Gasteiger partial charge in [0, 0.05) is 52.8 Å². The molecular weight excluding hydrogens is 588 g/mol. The highest BCUT2D eigenvalue weighted by atomic mass is 16.5. The number of fused-ring (bicyclic) bond motifs is 2. The molecule has 46 heavy (non-hydrogen) atoms. The zero-order valence-electron chi connectivity index (χ0n) is 29.0. The fourth-order valence-corrected chi connectivity index (χ4v) is 6.92. The summed E-state index contributed by atoms with van der Waals surface area (Å²) in [5.41, 5.74) is 5.92. The largest absolute Gasteiger partial charge is 0.496 e. The van der Waals surface area contributed by atoms with Crippen molar-refractivity contribution in [2.24, 2.45) is 0 Å². The van der Waals surface area contributed by atoms with Crippen LogP contribution in [-0.2, 0) is 35.9 Å². The van der Waals surface area contributed by atoms with E-state index in [2.05, 4.69) is 27.7 Å². The second-order valence-electron chi connectivity index (χ2n) is 11.8. The van der Waals surface area contributed by atoms with Gasteiger partial charge < -0.3 is 43.4 Å². The number of benzene rings is 4. The predicted molar refractivity (Wildman–Crippen MR) is 181 cm³/mol. The van der Waals surface area contributed by atoms with Gasteiger partial charge in [0.25, 0.3) is 0 Å². The van der Waals surface area contributed by atoms with E-state index in [1.807, 2.05) is 18.2 Å². The number of hydrogen-bond donors (Lipinski definition) is 2. The summed E-state index contributed by atoms with van der Waals surface area (Å²) in [5, 5.41) is 25.3. The minimum atomic E-state index is -0.302. The summed E-state index contributed by atoms with van der Waals surface area (Å²) in [6.07, 6.45) is 0. The van der Waals surface area contributed by atoms with E-state index in [0.29, 0.717) is 51.9 Å². The third-order valence-electron chi connectivity index (χ3n) is 8.60. The minimum Gasteiger partial charge on any atom is -0.496 e. The molecule has 0 amide bonds. The molecule has 0 heterocycles. The first-order valence-corrected chi connectivity index (χ1v) is 15.4. The molecule has 0 aliphatic rings. The summed E-state index contributed by atoms with van der Waals surface area (Å²) < 4.78 is 41.7. The van der Waals surface area contributed by atoms with Gasteiger partial charge in [0.2, 0.25) is 0 Å². The Balaban J connectivity index is 2.38. The molecule has 0 fully saturated rings. The number of aliphatic hydroxyl groups is 2. The van der Waals surface area contributed by atoms with Crippen molar-refractivity contribution in [3.8, 4) is 39.9 Å². The Kier molecular flexibility index (Phi) is 11.3. The first-order chi connectivity index (χ1) is 22.1. The van der Waals surface area contributed by atoms with Gasteiger partial charge in [-0.25, -0.2) is 0 Å². The topological polar surface area (TPSA) is 105 Å². The third kappa shape index (κ3) is 5.70. The summed E-state index contributed by atoms with van der Waals surface area (Å²) in [6.45, 7) is 8.29. The van der Waals surface area contributed by atoms with E-state index >= 15 is 0 Å². The highest BCUT2D eigenvalue weighted by Crippen LogP contribution is 2.54.